The van der Waals surface area contributed by atoms with Crippen LogP contribution in [0.1, 0.15) is 0 Å². The molecular formula is C10H13N. The van der Waals surface area contributed by atoms with Gasteiger partial charge in [0.2, 0.25) is 0 Å². The highest BCUT2D eigenvalue weighted by Gasteiger charge is 1.93. The van der Waals surface area contributed by atoms with Crippen LogP contribution >= 0.6 is 0 Å². The number of anilines is 1. The van der Waals surface area contributed by atoms with Gasteiger partial charge in [-0.3, -0.25) is 0 Å². The van der Waals surface area contributed by atoms with Crippen LogP contribution in [-0.4, -0.2) is 13.6 Å². The summed E-state index contributed by atoms with van der Waals surface area (Å²) < 4.78 is 0. The predicted octanol–water partition coefficient (Wildman–Crippen LogP) is 2.31. The molecule has 58 valence electrons. The van der Waals surface area contributed by atoms with Crippen molar-refractivity contribution in [1.82, 2.24) is 0 Å². The van der Waals surface area contributed by atoms with E-state index in [0.29, 0.717) is 0 Å². The average molecular weight is 147 g/mol. The summed E-state index contributed by atoms with van der Waals surface area (Å²) in [6, 6.07) is 10.3. The third-order valence-corrected chi connectivity index (χ3v) is 1.60. The molecule has 0 aliphatic carbocycles. The van der Waals surface area contributed by atoms with E-state index in [2.05, 4.69) is 30.7 Å². The van der Waals surface area contributed by atoms with Crippen LogP contribution in [0, 0.1) is 0 Å². The SMILES string of the molecule is C=CCN(C)c1ccccc1. The molecule has 0 atom stereocenters. The average Bonchev–Trinajstić information content (AvgIpc) is 2.07. The van der Waals surface area contributed by atoms with Crippen molar-refractivity contribution in [2.45, 2.75) is 0 Å². The molecule has 0 radical (unpaired) electrons. The highest BCUT2D eigenvalue weighted by Crippen LogP contribution is 2.09. The number of hydrogen-bond acceptors (Lipinski definition) is 1. The molecular weight excluding hydrogens is 134 g/mol. The topological polar surface area (TPSA) is 3.24 Å². The number of rotatable bonds is 3. The molecule has 0 aliphatic heterocycles. The van der Waals surface area contributed by atoms with Crippen LogP contribution in [0.3, 0.4) is 0 Å². The standard InChI is InChI=1S/C10H13N/c1-3-9-11(2)10-7-5-4-6-8-10/h3-8H,1,9H2,2H3. The second-order valence-corrected chi connectivity index (χ2v) is 2.50. The zero-order chi connectivity index (χ0) is 8.10. The van der Waals surface area contributed by atoms with Gasteiger partial charge in [-0.15, -0.1) is 6.58 Å². The Kier molecular flexibility index (Phi) is 2.73. The summed E-state index contributed by atoms with van der Waals surface area (Å²) in [6.45, 7) is 4.58. The molecule has 1 heteroatoms. The van der Waals surface area contributed by atoms with Crippen LogP contribution in [0.15, 0.2) is 43.0 Å². The Labute approximate surface area is 68.0 Å². The second-order valence-electron chi connectivity index (χ2n) is 2.50. The van der Waals surface area contributed by atoms with E-state index >= 15 is 0 Å². The van der Waals surface area contributed by atoms with Gasteiger partial charge in [0.15, 0.2) is 0 Å². The van der Waals surface area contributed by atoms with Crippen molar-refractivity contribution in [3.05, 3.63) is 43.0 Å². The Morgan fingerprint density at radius 1 is 1.36 bits per heavy atom. The zero-order valence-corrected chi connectivity index (χ0v) is 6.83. The van der Waals surface area contributed by atoms with Crippen LogP contribution in [0.2, 0.25) is 0 Å². The summed E-state index contributed by atoms with van der Waals surface area (Å²) in [5, 5.41) is 0. The summed E-state index contributed by atoms with van der Waals surface area (Å²) in [6.07, 6.45) is 1.90. The van der Waals surface area contributed by atoms with E-state index in [9.17, 15) is 0 Å². The number of para-hydroxylation sites is 1. The lowest BCUT2D eigenvalue weighted by Crippen LogP contribution is -2.15. The van der Waals surface area contributed by atoms with Gasteiger partial charge >= 0.3 is 0 Å². The summed E-state index contributed by atoms with van der Waals surface area (Å²) in [7, 11) is 2.05. The van der Waals surface area contributed by atoms with Crippen molar-refractivity contribution in [3.63, 3.8) is 0 Å². The summed E-state index contributed by atoms with van der Waals surface area (Å²) in [5.41, 5.74) is 1.23. The van der Waals surface area contributed by atoms with Crippen LogP contribution in [0.5, 0.6) is 0 Å². The molecule has 1 nitrogen and oxygen atoms in total. The molecule has 1 aromatic rings. The van der Waals surface area contributed by atoms with E-state index in [4.69, 9.17) is 0 Å². The van der Waals surface area contributed by atoms with Gasteiger partial charge < -0.3 is 4.90 Å². The number of likely N-dealkylation sites (N-methyl/N-ethyl adjacent to an activating group) is 1. The minimum atomic E-state index is 0.893. The number of benzene rings is 1. The van der Waals surface area contributed by atoms with Crippen molar-refractivity contribution in [2.75, 3.05) is 18.5 Å². The van der Waals surface area contributed by atoms with E-state index in [-0.39, 0.29) is 0 Å². The minimum Gasteiger partial charge on any atom is -0.371 e. The second kappa shape index (κ2) is 3.81. The lowest BCUT2D eigenvalue weighted by Gasteiger charge is -2.16. The maximum Gasteiger partial charge on any atom is 0.0366 e. The van der Waals surface area contributed by atoms with Gasteiger partial charge in [-0.1, -0.05) is 24.3 Å². The molecule has 0 unspecified atom stereocenters. The maximum atomic E-state index is 3.68. The van der Waals surface area contributed by atoms with Crippen LogP contribution in [0.4, 0.5) is 5.69 Å². The molecule has 11 heavy (non-hydrogen) atoms. The smallest absolute Gasteiger partial charge is 0.0366 e. The van der Waals surface area contributed by atoms with Crippen LogP contribution in [-0.2, 0) is 0 Å². The van der Waals surface area contributed by atoms with E-state index in [1.165, 1.54) is 5.69 Å². The van der Waals surface area contributed by atoms with E-state index in [1.54, 1.807) is 0 Å². The Morgan fingerprint density at radius 3 is 2.55 bits per heavy atom. The molecule has 0 fully saturated rings. The molecule has 0 N–H and O–H groups in total. The Hall–Kier alpha value is -1.24. The minimum absolute atomic E-state index is 0.893. The van der Waals surface area contributed by atoms with Crippen molar-refractivity contribution in [1.29, 1.82) is 0 Å². The number of nitrogens with zero attached hydrogens (tertiary/aromatic N) is 1. The molecule has 0 saturated carbocycles. The van der Waals surface area contributed by atoms with Crippen molar-refractivity contribution < 1.29 is 0 Å². The largest absolute Gasteiger partial charge is 0.371 e. The molecule has 0 spiro atoms. The van der Waals surface area contributed by atoms with Crippen molar-refractivity contribution in [3.8, 4) is 0 Å². The summed E-state index contributed by atoms with van der Waals surface area (Å²) in [4.78, 5) is 2.15. The lowest BCUT2D eigenvalue weighted by atomic mass is 10.3. The van der Waals surface area contributed by atoms with Gasteiger partial charge in [0, 0.05) is 19.3 Å². The molecule has 0 aromatic heterocycles. The van der Waals surface area contributed by atoms with Gasteiger partial charge in [0.25, 0.3) is 0 Å². The normalized spacial score (nSPS) is 9.18. The van der Waals surface area contributed by atoms with Gasteiger partial charge in [-0.25, -0.2) is 0 Å². The highest BCUT2D eigenvalue weighted by atomic mass is 15.1. The fourth-order valence-corrected chi connectivity index (χ4v) is 0.982. The quantitative estimate of drug-likeness (QED) is 0.593. The Bertz CT molecular complexity index is 216. The van der Waals surface area contributed by atoms with Crippen molar-refractivity contribution in [2.24, 2.45) is 0 Å². The Morgan fingerprint density at radius 2 is 2.00 bits per heavy atom. The summed E-state index contributed by atoms with van der Waals surface area (Å²) >= 11 is 0. The lowest BCUT2D eigenvalue weighted by molar-refractivity contribution is 1.03. The van der Waals surface area contributed by atoms with Crippen LogP contribution < -0.4 is 4.90 Å². The number of hydrogen-bond donors (Lipinski definition) is 0. The van der Waals surface area contributed by atoms with E-state index < -0.39 is 0 Å². The first-order valence-corrected chi connectivity index (χ1v) is 3.71. The van der Waals surface area contributed by atoms with Gasteiger partial charge in [0.1, 0.15) is 0 Å². The molecule has 0 amide bonds. The third kappa shape index (κ3) is 2.11. The Balaban J connectivity index is 2.68. The van der Waals surface area contributed by atoms with E-state index in [1.807, 2.05) is 24.3 Å². The van der Waals surface area contributed by atoms with E-state index in [0.717, 1.165) is 6.54 Å². The first kappa shape index (κ1) is 7.86. The first-order valence-electron chi connectivity index (χ1n) is 3.71. The van der Waals surface area contributed by atoms with Gasteiger partial charge in [-0.05, 0) is 12.1 Å². The molecule has 0 bridgehead atoms. The zero-order valence-electron chi connectivity index (χ0n) is 6.83. The molecule has 0 saturated heterocycles. The molecule has 1 rings (SSSR count). The molecule has 0 heterocycles. The summed E-state index contributed by atoms with van der Waals surface area (Å²) in [5.74, 6) is 0. The maximum absolute atomic E-state index is 3.68. The third-order valence-electron chi connectivity index (χ3n) is 1.60. The highest BCUT2D eigenvalue weighted by molar-refractivity contribution is 5.45. The monoisotopic (exact) mass is 147 g/mol. The van der Waals surface area contributed by atoms with Gasteiger partial charge in [0.05, 0.1) is 0 Å². The fraction of sp³-hybridized carbons (Fsp3) is 0.200. The van der Waals surface area contributed by atoms with Gasteiger partial charge in [-0.2, -0.15) is 0 Å². The first-order chi connectivity index (χ1) is 5.34. The predicted molar refractivity (Wildman–Crippen MR) is 49.9 cm³/mol. The molecule has 1 aromatic carbocycles. The fourth-order valence-electron chi connectivity index (χ4n) is 0.982. The van der Waals surface area contributed by atoms with Crippen LogP contribution in [0.25, 0.3) is 0 Å². The van der Waals surface area contributed by atoms with Crippen molar-refractivity contribution >= 4 is 5.69 Å². The molecule has 0 aliphatic rings.